The Morgan fingerprint density at radius 2 is 1.95 bits per heavy atom. The van der Waals surface area contributed by atoms with Gasteiger partial charge in [-0.1, -0.05) is 0 Å². The number of halogens is 4. The van der Waals surface area contributed by atoms with Crippen LogP contribution in [0.15, 0.2) is 43.1 Å². The lowest BCUT2D eigenvalue weighted by atomic mass is 9.99. The molecule has 0 aliphatic carbocycles. The number of anilines is 1. The first-order valence-electron chi connectivity index (χ1n) is 11.1. The molecular formula is C23H18F4N8O2. The van der Waals surface area contributed by atoms with E-state index in [1.165, 1.54) is 24.7 Å². The van der Waals surface area contributed by atoms with Crippen molar-refractivity contribution in [2.45, 2.75) is 31.7 Å². The molecule has 4 aromatic heterocycles. The maximum Gasteiger partial charge on any atom is 0.422 e. The lowest BCUT2D eigenvalue weighted by Gasteiger charge is -2.27. The van der Waals surface area contributed by atoms with Crippen LogP contribution in [0, 0.1) is 5.82 Å². The van der Waals surface area contributed by atoms with Crippen LogP contribution in [0.4, 0.5) is 23.5 Å². The van der Waals surface area contributed by atoms with Crippen molar-refractivity contribution in [3.8, 4) is 16.9 Å². The van der Waals surface area contributed by atoms with Gasteiger partial charge in [0.15, 0.2) is 16.9 Å². The standard InChI is InChI=1S/C23H18F4N8O2/c1-22(36,23(25,26)27)18-5-2-13(19-30-10-32-35(18)19)15-9-29-21(34-11-31-33-20(15)34)28-8-14-12-6-7-37-17(12)4-3-16(14)24/h2-5,9-11,36H,6-8H2,1H3,(H,28,29)/t22-/m0/s1. The second-order valence-electron chi connectivity index (χ2n) is 8.67. The molecule has 1 aromatic carbocycles. The van der Waals surface area contributed by atoms with Gasteiger partial charge in [0.25, 0.3) is 0 Å². The minimum atomic E-state index is -4.94. The SMILES string of the molecule is C[C@](O)(c1ccc(-c2cnc(NCc3c(F)ccc4c3CCO4)n3cnnc23)c2ncnn12)C(F)(F)F. The molecule has 0 amide bonds. The minimum Gasteiger partial charge on any atom is -0.493 e. The summed E-state index contributed by atoms with van der Waals surface area (Å²) in [7, 11) is 0. The fourth-order valence-corrected chi connectivity index (χ4v) is 4.45. The van der Waals surface area contributed by atoms with Crippen LogP contribution < -0.4 is 10.1 Å². The normalized spacial score (nSPS) is 15.1. The van der Waals surface area contributed by atoms with Crippen molar-refractivity contribution in [3.05, 3.63) is 65.8 Å². The van der Waals surface area contributed by atoms with Gasteiger partial charge in [-0.05, 0) is 31.2 Å². The highest BCUT2D eigenvalue weighted by molar-refractivity contribution is 5.86. The molecule has 6 rings (SSSR count). The van der Waals surface area contributed by atoms with Gasteiger partial charge in [0.1, 0.15) is 24.2 Å². The summed E-state index contributed by atoms with van der Waals surface area (Å²) in [6.07, 6.45) is -0.369. The minimum absolute atomic E-state index is 0.0661. The van der Waals surface area contributed by atoms with Gasteiger partial charge in [-0.25, -0.2) is 18.9 Å². The van der Waals surface area contributed by atoms with E-state index in [1.807, 2.05) is 0 Å². The third kappa shape index (κ3) is 3.55. The molecule has 10 nitrogen and oxygen atoms in total. The molecule has 37 heavy (non-hydrogen) atoms. The Kier molecular flexibility index (Phi) is 5.05. The Hall–Kier alpha value is -4.33. The predicted octanol–water partition coefficient (Wildman–Crippen LogP) is 3.29. The molecule has 0 bridgehead atoms. The van der Waals surface area contributed by atoms with Crippen molar-refractivity contribution in [2.75, 3.05) is 11.9 Å². The molecule has 190 valence electrons. The number of aromatic nitrogens is 7. The van der Waals surface area contributed by atoms with E-state index in [0.717, 1.165) is 22.5 Å². The van der Waals surface area contributed by atoms with Crippen molar-refractivity contribution in [1.82, 2.24) is 34.2 Å². The number of nitrogens with zero attached hydrogens (tertiary/aromatic N) is 7. The van der Waals surface area contributed by atoms with E-state index in [0.29, 0.717) is 54.0 Å². The third-order valence-corrected chi connectivity index (χ3v) is 6.46. The molecule has 0 fully saturated rings. The number of fused-ring (bicyclic) bond motifs is 3. The molecule has 2 N–H and O–H groups in total. The fourth-order valence-electron chi connectivity index (χ4n) is 4.45. The van der Waals surface area contributed by atoms with Gasteiger partial charge in [0, 0.05) is 41.4 Å². The van der Waals surface area contributed by atoms with Gasteiger partial charge >= 0.3 is 6.18 Å². The molecular weight excluding hydrogens is 496 g/mol. The molecule has 5 aromatic rings. The summed E-state index contributed by atoms with van der Waals surface area (Å²) in [6, 6.07) is 5.48. The Labute approximate surface area is 205 Å². The molecule has 0 saturated carbocycles. The number of nitrogens with one attached hydrogen (secondary N) is 1. The van der Waals surface area contributed by atoms with Crippen LogP contribution in [-0.2, 0) is 18.6 Å². The van der Waals surface area contributed by atoms with Crippen LogP contribution in [0.2, 0.25) is 0 Å². The Bertz CT molecular complexity index is 1660. The molecule has 5 heterocycles. The molecule has 0 unspecified atom stereocenters. The van der Waals surface area contributed by atoms with Crippen LogP contribution in [-0.4, -0.2) is 52.1 Å². The van der Waals surface area contributed by atoms with Crippen LogP contribution in [0.1, 0.15) is 23.7 Å². The predicted molar refractivity (Wildman–Crippen MR) is 121 cm³/mol. The molecule has 1 atom stereocenters. The third-order valence-electron chi connectivity index (χ3n) is 6.46. The van der Waals surface area contributed by atoms with Crippen LogP contribution in [0.25, 0.3) is 22.4 Å². The van der Waals surface area contributed by atoms with Crippen LogP contribution >= 0.6 is 0 Å². The first-order valence-corrected chi connectivity index (χ1v) is 11.1. The van der Waals surface area contributed by atoms with Crippen LogP contribution in [0.5, 0.6) is 5.75 Å². The summed E-state index contributed by atoms with van der Waals surface area (Å²) in [4.78, 5) is 8.53. The zero-order chi connectivity index (χ0) is 25.9. The fraction of sp³-hybridized carbons (Fsp3) is 0.261. The topological polar surface area (TPSA) is 115 Å². The lowest BCUT2D eigenvalue weighted by Crippen LogP contribution is -2.41. The number of rotatable bonds is 5. The number of alkyl halides is 3. The average molecular weight is 514 g/mol. The Morgan fingerprint density at radius 3 is 2.76 bits per heavy atom. The molecule has 14 heteroatoms. The van der Waals surface area contributed by atoms with E-state index >= 15 is 0 Å². The van der Waals surface area contributed by atoms with E-state index in [9.17, 15) is 22.7 Å². The zero-order valence-electron chi connectivity index (χ0n) is 19.2. The maximum atomic E-state index is 14.5. The number of benzene rings is 1. The van der Waals surface area contributed by atoms with Gasteiger partial charge in [0.05, 0.1) is 12.3 Å². The van der Waals surface area contributed by atoms with E-state index in [4.69, 9.17) is 4.74 Å². The van der Waals surface area contributed by atoms with Gasteiger partial charge < -0.3 is 15.2 Å². The van der Waals surface area contributed by atoms with Crippen molar-refractivity contribution < 1.29 is 27.4 Å². The number of hydrogen-bond donors (Lipinski definition) is 2. The zero-order valence-corrected chi connectivity index (χ0v) is 19.2. The van der Waals surface area contributed by atoms with E-state index in [-0.39, 0.29) is 18.0 Å². The highest BCUT2D eigenvalue weighted by Gasteiger charge is 2.53. The van der Waals surface area contributed by atoms with Crippen LogP contribution in [0.3, 0.4) is 0 Å². The summed E-state index contributed by atoms with van der Waals surface area (Å²) in [6.45, 7) is 1.27. The largest absolute Gasteiger partial charge is 0.493 e. The highest BCUT2D eigenvalue weighted by Crippen LogP contribution is 2.40. The second kappa shape index (κ2) is 8.09. The molecule has 0 spiro atoms. The summed E-state index contributed by atoms with van der Waals surface area (Å²) in [5.74, 6) is 0.618. The summed E-state index contributed by atoms with van der Waals surface area (Å²) >= 11 is 0. The highest BCUT2D eigenvalue weighted by atomic mass is 19.4. The first-order chi connectivity index (χ1) is 17.7. The van der Waals surface area contributed by atoms with Crippen molar-refractivity contribution in [2.24, 2.45) is 0 Å². The lowest BCUT2D eigenvalue weighted by molar-refractivity contribution is -0.260. The van der Waals surface area contributed by atoms with E-state index < -0.39 is 17.5 Å². The summed E-state index contributed by atoms with van der Waals surface area (Å²) in [5.41, 5.74) is -1.20. The molecule has 0 radical (unpaired) electrons. The molecule has 0 saturated heterocycles. The van der Waals surface area contributed by atoms with E-state index in [1.54, 1.807) is 10.5 Å². The number of hydrogen-bond acceptors (Lipinski definition) is 8. The van der Waals surface area contributed by atoms with Gasteiger partial charge in [-0.15, -0.1) is 10.2 Å². The number of aliphatic hydroxyl groups is 1. The Morgan fingerprint density at radius 1 is 1.11 bits per heavy atom. The quantitative estimate of drug-likeness (QED) is 0.344. The van der Waals surface area contributed by atoms with Crippen molar-refractivity contribution >= 4 is 17.2 Å². The van der Waals surface area contributed by atoms with Gasteiger partial charge in [-0.2, -0.15) is 18.3 Å². The Balaban J connectivity index is 1.39. The molecule has 1 aliphatic rings. The smallest absolute Gasteiger partial charge is 0.422 e. The molecule has 1 aliphatic heterocycles. The maximum absolute atomic E-state index is 14.5. The van der Waals surface area contributed by atoms with Gasteiger partial charge in [0.2, 0.25) is 5.95 Å². The van der Waals surface area contributed by atoms with Crippen molar-refractivity contribution in [1.29, 1.82) is 0 Å². The average Bonchev–Trinajstić information content (AvgIpc) is 3.62. The van der Waals surface area contributed by atoms with Gasteiger partial charge in [-0.3, -0.25) is 4.40 Å². The van der Waals surface area contributed by atoms with Crippen molar-refractivity contribution in [3.63, 3.8) is 0 Å². The van der Waals surface area contributed by atoms with E-state index in [2.05, 4.69) is 30.6 Å². The first kappa shape index (κ1) is 23.1. The number of pyridine rings is 1. The monoisotopic (exact) mass is 514 g/mol. The number of ether oxygens (including phenoxy) is 1. The summed E-state index contributed by atoms with van der Waals surface area (Å²) < 4.78 is 63.0. The second-order valence-corrected chi connectivity index (χ2v) is 8.67. The summed E-state index contributed by atoms with van der Waals surface area (Å²) in [5, 5.41) is 25.3.